The lowest BCUT2D eigenvalue weighted by Gasteiger charge is -2.19. The zero-order valence-corrected chi connectivity index (χ0v) is 16.6. The van der Waals surface area contributed by atoms with Crippen LogP contribution >= 0.6 is 15.9 Å². The summed E-state index contributed by atoms with van der Waals surface area (Å²) in [5.41, 5.74) is 1.67. The van der Waals surface area contributed by atoms with E-state index in [1.807, 2.05) is 6.07 Å². The fourth-order valence-corrected chi connectivity index (χ4v) is 3.58. The first-order valence-corrected chi connectivity index (χ1v) is 9.38. The van der Waals surface area contributed by atoms with Crippen molar-refractivity contribution in [1.29, 1.82) is 0 Å². The second kappa shape index (κ2) is 8.52. The second-order valence-corrected chi connectivity index (χ2v) is 7.35. The zero-order chi connectivity index (χ0) is 20.3. The van der Waals surface area contributed by atoms with Crippen molar-refractivity contribution >= 4 is 39.4 Å². The number of nitrogens with one attached hydrogen (secondary N) is 2. The molecule has 2 atom stereocenters. The van der Waals surface area contributed by atoms with Crippen molar-refractivity contribution in [1.82, 2.24) is 5.32 Å². The van der Waals surface area contributed by atoms with E-state index >= 15 is 0 Å². The van der Waals surface area contributed by atoms with E-state index in [9.17, 15) is 18.8 Å². The molecule has 2 aromatic carbocycles. The van der Waals surface area contributed by atoms with Crippen LogP contribution in [0, 0.1) is 5.82 Å². The van der Waals surface area contributed by atoms with Crippen molar-refractivity contribution in [3.8, 4) is 0 Å². The number of hydrogen-bond donors (Lipinski definition) is 2. The highest BCUT2D eigenvalue weighted by atomic mass is 79.9. The maximum Gasteiger partial charge on any atom is 0.307 e. The van der Waals surface area contributed by atoms with Gasteiger partial charge in [0.2, 0.25) is 11.8 Å². The van der Waals surface area contributed by atoms with Crippen LogP contribution in [0.1, 0.15) is 35.9 Å². The molecule has 146 valence electrons. The van der Waals surface area contributed by atoms with E-state index in [-0.39, 0.29) is 18.7 Å². The van der Waals surface area contributed by atoms with Gasteiger partial charge in [-0.15, -0.1) is 0 Å². The largest absolute Gasteiger partial charge is 0.469 e. The van der Waals surface area contributed by atoms with E-state index in [1.54, 1.807) is 18.2 Å². The molecule has 0 spiro atoms. The van der Waals surface area contributed by atoms with E-state index in [2.05, 4.69) is 26.6 Å². The molecule has 2 N–H and O–H groups in total. The van der Waals surface area contributed by atoms with Gasteiger partial charge in [0.25, 0.3) is 0 Å². The number of fused-ring (bicyclic) bond motifs is 1. The Kier molecular flexibility index (Phi) is 6.08. The van der Waals surface area contributed by atoms with Crippen LogP contribution < -0.4 is 10.6 Å². The summed E-state index contributed by atoms with van der Waals surface area (Å²) in [5, 5.41) is 5.43. The number of benzene rings is 2. The van der Waals surface area contributed by atoms with Gasteiger partial charge in [-0.3, -0.25) is 14.4 Å². The number of halogens is 2. The van der Waals surface area contributed by atoms with Gasteiger partial charge in [-0.25, -0.2) is 4.39 Å². The van der Waals surface area contributed by atoms with E-state index in [4.69, 9.17) is 4.74 Å². The maximum atomic E-state index is 13.6. The van der Waals surface area contributed by atoms with E-state index in [0.717, 1.165) is 10.0 Å². The summed E-state index contributed by atoms with van der Waals surface area (Å²) in [5.74, 6) is -2.52. The van der Waals surface area contributed by atoms with Crippen LogP contribution in [0.5, 0.6) is 0 Å². The zero-order valence-electron chi connectivity index (χ0n) is 15.0. The molecular formula is C20H18BrFN2O4. The van der Waals surface area contributed by atoms with Crippen molar-refractivity contribution < 1.29 is 23.5 Å². The lowest BCUT2D eigenvalue weighted by molar-refractivity contribution is -0.141. The van der Waals surface area contributed by atoms with Crippen LogP contribution in [-0.2, 0) is 19.1 Å². The predicted octanol–water partition coefficient (Wildman–Crippen LogP) is 3.43. The van der Waals surface area contributed by atoms with E-state index in [0.29, 0.717) is 11.3 Å². The minimum absolute atomic E-state index is 0.0548. The summed E-state index contributed by atoms with van der Waals surface area (Å²) in [7, 11) is 1.27. The summed E-state index contributed by atoms with van der Waals surface area (Å²) in [6, 6.07) is 10.6. The van der Waals surface area contributed by atoms with Gasteiger partial charge < -0.3 is 15.4 Å². The van der Waals surface area contributed by atoms with Gasteiger partial charge in [-0.1, -0.05) is 28.1 Å². The third kappa shape index (κ3) is 4.56. The number of anilines is 1. The Morgan fingerprint density at radius 1 is 1.29 bits per heavy atom. The molecule has 0 saturated heterocycles. The first-order chi connectivity index (χ1) is 13.4. The molecule has 2 aromatic rings. The van der Waals surface area contributed by atoms with Crippen LogP contribution in [0.3, 0.4) is 0 Å². The highest BCUT2D eigenvalue weighted by Crippen LogP contribution is 2.35. The van der Waals surface area contributed by atoms with Gasteiger partial charge in [0.05, 0.1) is 25.5 Å². The molecule has 0 bridgehead atoms. The lowest BCUT2D eigenvalue weighted by Crippen LogP contribution is -2.32. The number of esters is 1. The number of methoxy groups -OCH3 is 1. The molecule has 0 radical (unpaired) electrons. The fraction of sp³-hybridized carbons (Fsp3) is 0.250. The average molecular weight is 449 g/mol. The first-order valence-electron chi connectivity index (χ1n) is 8.59. The molecule has 1 aliphatic rings. The number of carbonyl (C=O) groups excluding carboxylic acids is 3. The van der Waals surface area contributed by atoms with E-state index < -0.39 is 29.7 Å². The highest BCUT2D eigenvalue weighted by Gasteiger charge is 2.33. The van der Waals surface area contributed by atoms with Crippen molar-refractivity contribution in [2.45, 2.75) is 24.8 Å². The standard InChI is InChI=1S/C20H18BrFN2O4/c1-28-19(26)10-17(11-3-2-4-12(21)7-11)23-18(25)9-15-14-8-13(22)5-6-16(14)24-20(15)27/h2-8,15,17H,9-10H2,1H3,(H,23,25)(H,24,27). The number of rotatable bonds is 6. The van der Waals surface area contributed by atoms with Crippen LogP contribution in [0.25, 0.3) is 0 Å². The smallest absolute Gasteiger partial charge is 0.307 e. The Balaban J connectivity index is 1.76. The van der Waals surface area contributed by atoms with E-state index in [1.165, 1.54) is 25.3 Å². The molecule has 1 aliphatic heterocycles. The van der Waals surface area contributed by atoms with Crippen molar-refractivity contribution in [3.05, 3.63) is 63.9 Å². The van der Waals surface area contributed by atoms with Gasteiger partial charge in [0, 0.05) is 16.6 Å². The summed E-state index contributed by atoms with van der Waals surface area (Å²) >= 11 is 3.37. The molecular weight excluding hydrogens is 431 g/mol. The Hall–Kier alpha value is -2.74. The van der Waals surface area contributed by atoms with Crippen LogP contribution in [0.2, 0.25) is 0 Å². The minimum atomic E-state index is -0.785. The predicted molar refractivity (Wildman–Crippen MR) is 104 cm³/mol. The van der Waals surface area contributed by atoms with Crippen LogP contribution in [-0.4, -0.2) is 24.9 Å². The van der Waals surface area contributed by atoms with Crippen molar-refractivity contribution in [2.75, 3.05) is 12.4 Å². The molecule has 6 nitrogen and oxygen atoms in total. The van der Waals surface area contributed by atoms with Crippen molar-refractivity contribution in [2.24, 2.45) is 0 Å². The Morgan fingerprint density at radius 2 is 2.07 bits per heavy atom. The molecule has 2 unspecified atom stereocenters. The molecule has 0 saturated carbocycles. The Labute approximate surface area is 169 Å². The summed E-state index contributed by atoms with van der Waals surface area (Å²) in [6.07, 6.45) is -0.214. The highest BCUT2D eigenvalue weighted by molar-refractivity contribution is 9.10. The summed E-state index contributed by atoms with van der Waals surface area (Å²) in [6.45, 7) is 0. The van der Waals surface area contributed by atoms with Gasteiger partial charge in [-0.05, 0) is 41.5 Å². The Morgan fingerprint density at radius 3 is 2.79 bits per heavy atom. The topological polar surface area (TPSA) is 84.5 Å². The third-order valence-corrected chi connectivity index (χ3v) is 5.03. The van der Waals surface area contributed by atoms with Crippen LogP contribution in [0.4, 0.5) is 10.1 Å². The third-order valence-electron chi connectivity index (χ3n) is 4.54. The molecule has 3 rings (SSSR count). The monoisotopic (exact) mass is 448 g/mol. The van der Waals surface area contributed by atoms with Gasteiger partial charge in [0.1, 0.15) is 5.82 Å². The summed E-state index contributed by atoms with van der Waals surface area (Å²) < 4.78 is 19.1. The maximum absolute atomic E-state index is 13.6. The minimum Gasteiger partial charge on any atom is -0.469 e. The van der Waals surface area contributed by atoms with Crippen molar-refractivity contribution in [3.63, 3.8) is 0 Å². The molecule has 28 heavy (non-hydrogen) atoms. The average Bonchev–Trinajstić information content (AvgIpc) is 2.96. The second-order valence-electron chi connectivity index (χ2n) is 6.43. The normalized spacial score (nSPS) is 16.1. The first kappa shape index (κ1) is 20.0. The molecule has 0 aromatic heterocycles. The van der Waals surface area contributed by atoms with Gasteiger partial charge >= 0.3 is 5.97 Å². The molecule has 2 amide bonds. The molecule has 8 heteroatoms. The molecule has 0 aliphatic carbocycles. The molecule has 0 fully saturated rings. The molecule has 1 heterocycles. The Bertz CT molecular complexity index is 934. The van der Waals surface area contributed by atoms with Gasteiger partial charge in [-0.2, -0.15) is 0 Å². The number of carbonyl (C=O) groups is 3. The summed E-state index contributed by atoms with van der Waals surface area (Å²) in [4.78, 5) is 36.6. The van der Waals surface area contributed by atoms with Crippen LogP contribution in [0.15, 0.2) is 46.9 Å². The quantitative estimate of drug-likeness (QED) is 0.662. The SMILES string of the molecule is COC(=O)CC(NC(=O)CC1C(=O)Nc2ccc(F)cc21)c1cccc(Br)c1. The lowest BCUT2D eigenvalue weighted by atomic mass is 9.96. The number of hydrogen-bond acceptors (Lipinski definition) is 4. The van der Waals surface area contributed by atoms with Gasteiger partial charge in [0.15, 0.2) is 0 Å². The number of amides is 2. The fourth-order valence-electron chi connectivity index (χ4n) is 3.16. The number of ether oxygens (including phenoxy) is 1.